The van der Waals surface area contributed by atoms with Gasteiger partial charge in [-0.3, -0.25) is 4.79 Å². The van der Waals surface area contributed by atoms with E-state index in [4.69, 9.17) is 0 Å². The van der Waals surface area contributed by atoms with E-state index in [1.165, 1.54) is 12.8 Å². The predicted molar refractivity (Wildman–Crippen MR) is 73.4 cm³/mol. The van der Waals surface area contributed by atoms with Crippen molar-refractivity contribution < 1.29 is 4.79 Å². The lowest BCUT2D eigenvalue weighted by atomic mass is 9.89. The number of nitrogens with zero attached hydrogens (tertiary/aromatic N) is 1. The lowest BCUT2D eigenvalue weighted by Gasteiger charge is -2.18. The molecule has 0 saturated heterocycles. The van der Waals surface area contributed by atoms with Crippen molar-refractivity contribution >= 4 is 11.6 Å². The zero-order valence-corrected chi connectivity index (χ0v) is 10.9. The van der Waals surface area contributed by atoms with E-state index in [2.05, 4.69) is 17.5 Å². The summed E-state index contributed by atoms with van der Waals surface area (Å²) in [5, 5.41) is 4.25. The molecule has 3 heteroatoms. The lowest BCUT2D eigenvalue weighted by molar-refractivity contribution is -0.120. The van der Waals surface area contributed by atoms with E-state index in [0.29, 0.717) is 12.3 Å². The van der Waals surface area contributed by atoms with Crippen LogP contribution in [0.15, 0.2) is 35.4 Å². The van der Waals surface area contributed by atoms with Gasteiger partial charge in [-0.15, -0.1) is 0 Å². The highest BCUT2D eigenvalue weighted by atomic mass is 16.2. The second-order valence-electron chi connectivity index (χ2n) is 5.08. The Morgan fingerprint density at radius 3 is 2.89 bits per heavy atom. The van der Waals surface area contributed by atoms with Gasteiger partial charge in [-0.05, 0) is 37.2 Å². The molecule has 1 aliphatic rings. The minimum absolute atomic E-state index is 0.0353. The Morgan fingerprint density at radius 1 is 1.39 bits per heavy atom. The highest BCUT2D eigenvalue weighted by Gasteiger charge is 2.14. The molecule has 18 heavy (non-hydrogen) atoms. The first-order valence-electron chi connectivity index (χ1n) is 6.62. The van der Waals surface area contributed by atoms with Crippen LogP contribution >= 0.6 is 0 Å². The summed E-state index contributed by atoms with van der Waals surface area (Å²) in [5.74, 6) is 0.662. The number of amides is 1. The molecule has 1 N–H and O–H groups in total. The van der Waals surface area contributed by atoms with Crippen molar-refractivity contribution in [1.82, 2.24) is 5.43 Å². The molecule has 1 saturated carbocycles. The summed E-state index contributed by atoms with van der Waals surface area (Å²) in [4.78, 5) is 11.7. The van der Waals surface area contributed by atoms with Gasteiger partial charge in [0, 0.05) is 5.71 Å². The molecule has 3 nitrogen and oxygen atoms in total. The Kier molecular flexibility index (Phi) is 4.51. The third-order valence-corrected chi connectivity index (χ3v) is 3.29. The number of hydrogen-bond acceptors (Lipinski definition) is 2. The van der Waals surface area contributed by atoms with E-state index in [0.717, 1.165) is 24.1 Å². The van der Waals surface area contributed by atoms with Crippen LogP contribution in [0.2, 0.25) is 0 Å². The number of nitrogens with one attached hydrogen (secondary N) is 1. The van der Waals surface area contributed by atoms with Crippen molar-refractivity contribution in [1.29, 1.82) is 0 Å². The molecular formula is C15H20N2O. The summed E-state index contributed by atoms with van der Waals surface area (Å²) in [6, 6.07) is 9.74. The third kappa shape index (κ3) is 3.99. The number of hydrazone groups is 1. The zero-order chi connectivity index (χ0) is 12.8. The van der Waals surface area contributed by atoms with Crippen molar-refractivity contribution in [3.8, 4) is 0 Å². The van der Waals surface area contributed by atoms with Crippen LogP contribution in [0.25, 0.3) is 0 Å². The average Bonchev–Trinajstić information content (AvgIpc) is 2.38. The van der Waals surface area contributed by atoms with Gasteiger partial charge in [0.05, 0.1) is 6.42 Å². The molecule has 0 aliphatic heterocycles. The normalized spacial score (nSPS) is 21.8. The van der Waals surface area contributed by atoms with Crippen molar-refractivity contribution in [3.05, 3.63) is 35.9 Å². The molecular weight excluding hydrogens is 224 g/mol. The Balaban J connectivity index is 1.83. The molecule has 1 aromatic rings. The summed E-state index contributed by atoms with van der Waals surface area (Å²) in [7, 11) is 0. The summed E-state index contributed by atoms with van der Waals surface area (Å²) < 4.78 is 0. The molecule has 2 rings (SSSR count). The first-order chi connectivity index (χ1) is 8.74. The molecule has 0 heterocycles. The molecule has 1 amide bonds. The van der Waals surface area contributed by atoms with Crippen LogP contribution < -0.4 is 5.43 Å². The highest BCUT2D eigenvalue weighted by Crippen LogP contribution is 2.20. The standard InChI is InChI=1S/C15H20N2O/c1-12-6-5-9-14(10-12)16-17-15(18)11-13-7-3-2-4-8-13/h2-4,7-8,12H,5-6,9-11H2,1H3,(H,17,18)/b16-14-/t12-/m0/s1. The van der Waals surface area contributed by atoms with E-state index < -0.39 is 0 Å². The largest absolute Gasteiger partial charge is 0.273 e. The Labute approximate surface area is 108 Å². The zero-order valence-electron chi connectivity index (χ0n) is 10.9. The molecule has 0 spiro atoms. The summed E-state index contributed by atoms with van der Waals surface area (Å²) >= 11 is 0. The first kappa shape index (κ1) is 12.8. The van der Waals surface area contributed by atoms with Crippen LogP contribution in [0.3, 0.4) is 0 Å². The Hall–Kier alpha value is -1.64. The molecule has 1 aromatic carbocycles. The van der Waals surface area contributed by atoms with Gasteiger partial charge in [0.25, 0.3) is 0 Å². The minimum atomic E-state index is -0.0353. The second-order valence-corrected chi connectivity index (χ2v) is 5.08. The fourth-order valence-electron chi connectivity index (χ4n) is 2.32. The van der Waals surface area contributed by atoms with Gasteiger partial charge in [0.1, 0.15) is 0 Å². The van der Waals surface area contributed by atoms with Gasteiger partial charge in [0.2, 0.25) is 5.91 Å². The number of rotatable bonds is 3. The van der Waals surface area contributed by atoms with Gasteiger partial charge in [-0.25, -0.2) is 5.43 Å². The van der Waals surface area contributed by atoms with Crippen molar-refractivity contribution in [2.75, 3.05) is 0 Å². The van der Waals surface area contributed by atoms with Crippen LogP contribution in [-0.4, -0.2) is 11.6 Å². The topological polar surface area (TPSA) is 41.5 Å². The van der Waals surface area contributed by atoms with Gasteiger partial charge in [-0.1, -0.05) is 37.3 Å². The average molecular weight is 244 g/mol. The van der Waals surface area contributed by atoms with E-state index in [1.807, 2.05) is 30.3 Å². The third-order valence-electron chi connectivity index (χ3n) is 3.29. The maximum absolute atomic E-state index is 11.7. The molecule has 1 fully saturated rings. The predicted octanol–water partition coefficient (Wildman–Crippen LogP) is 2.91. The SMILES string of the molecule is C[C@H]1CCC/C(=N/NC(=O)Cc2ccccc2)C1. The maximum atomic E-state index is 11.7. The maximum Gasteiger partial charge on any atom is 0.244 e. The van der Waals surface area contributed by atoms with Gasteiger partial charge >= 0.3 is 0 Å². The van der Waals surface area contributed by atoms with E-state index in [1.54, 1.807) is 0 Å². The first-order valence-corrected chi connectivity index (χ1v) is 6.62. The molecule has 0 bridgehead atoms. The lowest BCUT2D eigenvalue weighted by Crippen LogP contribution is -2.23. The number of benzene rings is 1. The second kappa shape index (κ2) is 6.34. The number of carbonyl (C=O) groups is 1. The van der Waals surface area contributed by atoms with Crippen molar-refractivity contribution in [2.45, 2.75) is 39.0 Å². The smallest absolute Gasteiger partial charge is 0.244 e. The van der Waals surface area contributed by atoms with Crippen LogP contribution in [0.5, 0.6) is 0 Å². The monoisotopic (exact) mass is 244 g/mol. The quantitative estimate of drug-likeness (QED) is 0.816. The highest BCUT2D eigenvalue weighted by molar-refractivity contribution is 5.87. The van der Waals surface area contributed by atoms with Gasteiger partial charge in [0.15, 0.2) is 0 Å². The fraction of sp³-hybridized carbons (Fsp3) is 0.467. The van der Waals surface area contributed by atoms with E-state index in [9.17, 15) is 4.79 Å². The molecule has 1 aliphatic carbocycles. The van der Waals surface area contributed by atoms with Crippen LogP contribution in [0.4, 0.5) is 0 Å². The molecule has 96 valence electrons. The van der Waals surface area contributed by atoms with E-state index in [-0.39, 0.29) is 5.91 Å². The summed E-state index contributed by atoms with van der Waals surface area (Å²) in [6.07, 6.45) is 4.90. The fourth-order valence-corrected chi connectivity index (χ4v) is 2.32. The number of carbonyl (C=O) groups excluding carboxylic acids is 1. The Bertz CT molecular complexity index is 425. The summed E-state index contributed by atoms with van der Waals surface area (Å²) in [6.45, 7) is 2.24. The van der Waals surface area contributed by atoms with Crippen molar-refractivity contribution in [2.24, 2.45) is 11.0 Å². The number of hydrogen-bond donors (Lipinski definition) is 1. The molecule has 0 unspecified atom stereocenters. The molecule has 0 radical (unpaired) electrons. The van der Waals surface area contributed by atoms with E-state index >= 15 is 0 Å². The van der Waals surface area contributed by atoms with Gasteiger partial charge in [-0.2, -0.15) is 5.10 Å². The Morgan fingerprint density at radius 2 is 2.17 bits per heavy atom. The van der Waals surface area contributed by atoms with Crippen LogP contribution in [-0.2, 0) is 11.2 Å². The molecule has 1 atom stereocenters. The summed E-state index contributed by atoms with van der Waals surface area (Å²) in [5.41, 5.74) is 4.83. The minimum Gasteiger partial charge on any atom is -0.273 e. The van der Waals surface area contributed by atoms with Crippen LogP contribution in [0, 0.1) is 5.92 Å². The molecule has 0 aromatic heterocycles. The van der Waals surface area contributed by atoms with Gasteiger partial charge < -0.3 is 0 Å². The van der Waals surface area contributed by atoms with Crippen LogP contribution in [0.1, 0.15) is 38.2 Å². The van der Waals surface area contributed by atoms with Crippen molar-refractivity contribution in [3.63, 3.8) is 0 Å².